The molecule has 2 aromatic rings. The lowest BCUT2D eigenvalue weighted by Gasteiger charge is -2.13. The number of hydrogen-bond donors (Lipinski definition) is 0. The summed E-state index contributed by atoms with van der Waals surface area (Å²) in [7, 11) is 0. The summed E-state index contributed by atoms with van der Waals surface area (Å²) in [5, 5.41) is 0.294. The molecule has 0 amide bonds. The lowest BCUT2D eigenvalue weighted by molar-refractivity contribution is 0.607. The fraction of sp³-hybridized carbons (Fsp3) is 0.143. The van der Waals surface area contributed by atoms with Crippen molar-refractivity contribution in [2.45, 2.75) is 11.8 Å². The molecule has 0 aromatic heterocycles. The molecule has 94 valence electrons. The van der Waals surface area contributed by atoms with E-state index < -0.39 is 0 Å². The second-order valence-electron chi connectivity index (χ2n) is 3.93. The van der Waals surface area contributed by atoms with Crippen LogP contribution in [0.2, 0.25) is 5.02 Å². The van der Waals surface area contributed by atoms with Crippen LogP contribution in [0.4, 0.5) is 4.39 Å². The highest BCUT2D eigenvalue weighted by molar-refractivity contribution is 9.10. The molecule has 18 heavy (non-hydrogen) atoms. The first-order valence-corrected chi connectivity index (χ1v) is 7.01. The van der Waals surface area contributed by atoms with E-state index in [1.54, 1.807) is 30.3 Å². The van der Waals surface area contributed by atoms with Gasteiger partial charge in [0.15, 0.2) is 0 Å². The molecule has 0 heterocycles. The van der Waals surface area contributed by atoms with Crippen LogP contribution < -0.4 is 0 Å². The maximum absolute atomic E-state index is 13.5. The quantitative estimate of drug-likeness (QED) is 0.619. The number of benzene rings is 2. The predicted octanol–water partition coefficient (Wildman–Crippen LogP) is 5.76. The molecule has 0 aliphatic carbocycles. The van der Waals surface area contributed by atoms with Crippen LogP contribution in [0.5, 0.6) is 0 Å². The Morgan fingerprint density at radius 1 is 1.17 bits per heavy atom. The van der Waals surface area contributed by atoms with Gasteiger partial charge in [0, 0.05) is 9.50 Å². The average Bonchev–Trinajstić information content (AvgIpc) is 2.35. The van der Waals surface area contributed by atoms with E-state index in [9.17, 15) is 4.39 Å². The Balaban J connectivity index is 2.25. The molecule has 0 saturated heterocycles. The molecule has 0 N–H and O–H groups in total. The molecule has 0 aliphatic heterocycles. The van der Waals surface area contributed by atoms with Crippen LogP contribution in [0.3, 0.4) is 0 Å². The van der Waals surface area contributed by atoms with Crippen LogP contribution >= 0.6 is 39.1 Å². The van der Waals surface area contributed by atoms with Gasteiger partial charge in [-0.3, -0.25) is 0 Å². The van der Waals surface area contributed by atoms with Crippen molar-refractivity contribution in [3.8, 4) is 0 Å². The van der Waals surface area contributed by atoms with E-state index in [1.165, 1.54) is 6.07 Å². The topological polar surface area (TPSA) is 0 Å². The standard InChI is InChI=1S/C14H10BrCl2F/c15-12-6-5-10(16)8-11(12)13(17)7-9-3-1-2-4-14(9)18/h1-6,8,13H,7H2. The highest BCUT2D eigenvalue weighted by Crippen LogP contribution is 2.33. The average molecular weight is 348 g/mol. The number of halogens is 4. The van der Waals surface area contributed by atoms with Crippen molar-refractivity contribution < 1.29 is 4.39 Å². The SMILES string of the molecule is Fc1ccccc1CC(Cl)c1cc(Cl)ccc1Br. The Morgan fingerprint density at radius 2 is 1.89 bits per heavy atom. The van der Waals surface area contributed by atoms with Crippen LogP contribution in [-0.4, -0.2) is 0 Å². The monoisotopic (exact) mass is 346 g/mol. The van der Waals surface area contributed by atoms with Crippen LogP contribution in [0.1, 0.15) is 16.5 Å². The summed E-state index contributed by atoms with van der Waals surface area (Å²) in [6, 6.07) is 12.1. The smallest absolute Gasteiger partial charge is 0.126 e. The van der Waals surface area contributed by atoms with Gasteiger partial charge in [-0.2, -0.15) is 0 Å². The van der Waals surface area contributed by atoms with Crippen molar-refractivity contribution >= 4 is 39.1 Å². The van der Waals surface area contributed by atoms with Gasteiger partial charge in [-0.1, -0.05) is 45.7 Å². The second kappa shape index (κ2) is 6.05. The van der Waals surface area contributed by atoms with Crippen LogP contribution in [0, 0.1) is 5.82 Å². The summed E-state index contributed by atoms with van der Waals surface area (Å²) >= 11 is 15.7. The molecule has 4 heteroatoms. The van der Waals surface area contributed by atoms with Gasteiger partial charge in [-0.25, -0.2) is 4.39 Å². The molecule has 0 aliphatic rings. The normalized spacial score (nSPS) is 12.4. The summed E-state index contributed by atoms with van der Waals surface area (Å²) in [6.07, 6.45) is 0.424. The zero-order chi connectivity index (χ0) is 13.1. The minimum atomic E-state index is -0.324. The van der Waals surface area contributed by atoms with E-state index in [-0.39, 0.29) is 11.2 Å². The van der Waals surface area contributed by atoms with Crippen LogP contribution in [-0.2, 0) is 6.42 Å². The van der Waals surface area contributed by atoms with Gasteiger partial charge in [0.05, 0.1) is 5.38 Å². The van der Waals surface area contributed by atoms with E-state index in [0.717, 1.165) is 10.0 Å². The molecule has 0 radical (unpaired) electrons. The summed E-state index contributed by atoms with van der Waals surface area (Å²) in [5.74, 6) is -0.235. The number of alkyl halides is 1. The molecule has 0 nitrogen and oxygen atoms in total. The maximum atomic E-state index is 13.5. The molecule has 0 bridgehead atoms. The lowest BCUT2D eigenvalue weighted by atomic mass is 10.0. The zero-order valence-corrected chi connectivity index (χ0v) is 12.4. The first-order valence-electron chi connectivity index (χ1n) is 5.40. The van der Waals surface area contributed by atoms with E-state index in [2.05, 4.69) is 15.9 Å². The van der Waals surface area contributed by atoms with Crippen molar-refractivity contribution in [2.75, 3.05) is 0 Å². The van der Waals surface area contributed by atoms with Gasteiger partial charge >= 0.3 is 0 Å². The van der Waals surface area contributed by atoms with E-state index in [1.807, 2.05) is 6.07 Å². The second-order valence-corrected chi connectivity index (χ2v) is 5.75. The fourth-order valence-electron chi connectivity index (χ4n) is 1.72. The minimum absolute atomic E-state index is 0.235. The summed E-state index contributed by atoms with van der Waals surface area (Å²) in [4.78, 5) is 0. The molecular formula is C14H10BrCl2F. The summed E-state index contributed by atoms with van der Waals surface area (Å²) < 4.78 is 14.4. The third-order valence-electron chi connectivity index (χ3n) is 2.65. The van der Waals surface area contributed by atoms with Crippen LogP contribution in [0.25, 0.3) is 0 Å². The summed E-state index contributed by atoms with van der Waals surface area (Å²) in [5.41, 5.74) is 1.47. The van der Waals surface area contributed by atoms with Crippen molar-refractivity contribution in [1.29, 1.82) is 0 Å². The minimum Gasteiger partial charge on any atom is -0.207 e. The van der Waals surface area contributed by atoms with E-state index in [4.69, 9.17) is 23.2 Å². The molecule has 1 atom stereocenters. The largest absolute Gasteiger partial charge is 0.207 e. The molecule has 1 unspecified atom stereocenters. The molecule has 2 rings (SSSR count). The Labute approximate surface area is 124 Å². The van der Waals surface area contributed by atoms with Gasteiger partial charge in [0.25, 0.3) is 0 Å². The Morgan fingerprint density at radius 3 is 2.61 bits per heavy atom. The van der Waals surface area contributed by atoms with E-state index in [0.29, 0.717) is 17.0 Å². The lowest BCUT2D eigenvalue weighted by Crippen LogP contribution is -1.99. The van der Waals surface area contributed by atoms with Gasteiger partial charge in [0.1, 0.15) is 5.82 Å². The van der Waals surface area contributed by atoms with Gasteiger partial charge in [-0.05, 0) is 41.8 Å². The van der Waals surface area contributed by atoms with Crippen molar-refractivity contribution in [3.05, 3.63) is 68.9 Å². The molecular weight excluding hydrogens is 338 g/mol. The molecule has 0 fully saturated rings. The Bertz CT molecular complexity index is 557. The van der Waals surface area contributed by atoms with Crippen molar-refractivity contribution in [3.63, 3.8) is 0 Å². The third kappa shape index (κ3) is 3.25. The molecule has 0 saturated carbocycles. The summed E-state index contributed by atoms with van der Waals surface area (Å²) in [6.45, 7) is 0. The Hall–Kier alpha value is -0.570. The van der Waals surface area contributed by atoms with Crippen LogP contribution in [0.15, 0.2) is 46.9 Å². The number of rotatable bonds is 3. The van der Waals surface area contributed by atoms with Gasteiger partial charge < -0.3 is 0 Å². The predicted molar refractivity (Wildman–Crippen MR) is 77.9 cm³/mol. The highest BCUT2D eigenvalue weighted by Gasteiger charge is 2.14. The molecule has 0 spiro atoms. The van der Waals surface area contributed by atoms with Gasteiger partial charge in [0.2, 0.25) is 0 Å². The fourth-order valence-corrected chi connectivity index (χ4v) is 2.90. The van der Waals surface area contributed by atoms with Crippen molar-refractivity contribution in [1.82, 2.24) is 0 Å². The number of hydrogen-bond acceptors (Lipinski definition) is 0. The van der Waals surface area contributed by atoms with E-state index >= 15 is 0 Å². The maximum Gasteiger partial charge on any atom is 0.126 e. The highest BCUT2D eigenvalue weighted by atomic mass is 79.9. The first kappa shape index (κ1) is 13.9. The van der Waals surface area contributed by atoms with Gasteiger partial charge in [-0.15, -0.1) is 11.6 Å². The third-order valence-corrected chi connectivity index (χ3v) is 4.00. The molecule has 2 aromatic carbocycles. The first-order chi connectivity index (χ1) is 8.58. The van der Waals surface area contributed by atoms with Crippen molar-refractivity contribution in [2.24, 2.45) is 0 Å². The Kier molecular flexibility index (Phi) is 4.66. The zero-order valence-electron chi connectivity index (χ0n) is 9.34.